The normalized spacial score (nSPS) is 10.8. The van der Waals surface area contributed by atoms with Crippen molar-refractivity contribution >= 4 is 49.7 Å². The highest BCUT2D eigenvalue weighted by Crippen LogP contribution is 2.38. The Labute approximate surface area is 197 Å². The molecule has 0 aliphatic heterocycles. The van der Waals surface area contributed by atoms with E-state index in [0.717, 1.165) is 5.69 Å². The van der Waals surface area contributed by atoms with Crippen molar-refractivity contribution < 1.29 is 0 Å². The number of anilines is 5. The SMILES string of the molecule is Cc1ccc(N(c2ccc(-c3ccc(N(C)c4cccs4)cc3)cc2)c2cccs2)cc1. The first-order chi connectivity index (χ1) is 15.7. The molecule has 0 aliphatic rings. The number of aryl methyl sites for hydroxylation is 1. The number of thiophene rings is 2. The van der Waals surface area contributed by atoms with Gasteiger partial charge in [-0.3, -0.25) is 0 Å². The van der Waals surface area contributed by atoms with Crippen LogP contribution in [0.2, 0.25) is 0 Å². The van der Waals surface area contributed by atoms with Crippen molar-refractivity contribution in [1.29, 1.82) is 0 Å². The molecular weight excluding hydrogens is 428 g/mol. The molecule has 0 atom stereocenters. The van der Waals surface area contributed by atoms with Crippen LogP contribution >= 0.6 is 22.7 Å². The molecule has 0 bridgehead atoms. The first-order valence-corrected chi connectivity index (χ1v) is 12.3. The lowest BCUT2D eigenvalue weighted by atomic mass is 10.0. The molecule has 2 nitrogen and oxygen atoms in total. The van der Waals surface area contributed by atoms with Crippen molar-refractivity contribution in [2.24, 2.45) is 0 Å². The third-order valence-electron chi connectivity index (χ3n) is 5.57. The largest absolute Gasteiger partial charge is 0.336 e. The molecule has 0 saturated heterocycles. The minimum Gasteiger partial charge on any atom is -0.336 e. The maximum Gasteiger partial charge on any atom is 0.0999 e. The third-order valence-corrected chi connectivity index (χ3v) is 7.37. The molecule has 0 saturated carbocycles. The van der Waals surface area contributed by atoms with Gasteiger partial charge in [0.25, 0.3) is 0 Å². The maximum atomic E-state index is 2.31. The van der Waals surface area contributed by atoms with Gasteiger partial charge in [-0.15, -0.1) is 22.7 Å². The zero-order valence-electron chi connectivity index (χ0n) is 18.1. The molecule has 0 radical (unpaired) electrons. The minimum atomic E-state index is 1.16. The molecule has 3 aromatic carbocycles. The summed E-state index contributed by atoms with van der Waals surface area (Å²) in [6.07, 6.45) is 0. The molecule has 0 spiro atoms. The summed E-state index contributed by atoms with van der Waals surface area (Å²) in [6, 6.07) is 34.8. The highest BCUT2D eigenvalue weighted by Gasteiger charge is 2.13. The van der Waals surface area contributed by atoms with Gasteiger partial charge in [0.15, 0.2) is 0 Å². The second-order valence-corrected chi connectivity index (χ2v) is 9.58. The number of rotatable bonds is 6. The molecule has 0 unspecified atom stereocenters. The van der Waals surface area contributed by atoms with E-state index in [4.69, 9.17) is 0 Å². The third kappa shape index (κ3) is 4.20. The zero-order valence-corrected chi connectivity index (χ0v) is 19.7. The molecule has 158 valence electrons. The molecule has 2 heterocycles. The molecule has 4 heteroatoms. The topological polar surface area (TPSA) is 6.48 Å². The van der Waals surface area contributed by atoms with Crippen LogP contribution in [-0.2, 0) is 0 Å². The summed E-state index contributed by atoms with van der Waals surface area (Å²) in [5, 5.41) is 6.69. The Morgan fingerprint density at radius 1 is 0.531 bits per heavy atom. The molecule has 5 rings (SSSR count). The van der Waals surface area contributed by atoms with Crippen LogP contribution in [-0.4, -0.2) is 7.05 Å². The van der Waals surface area contributed by atoms with Crippen LogP contribution in [0.15, 0.2) is 108 Å². The Morgan fingerprint density at radius 3 is 1.50 bits per heavy atom. The molecule has 0 aliphatic carbocycles. The van der Waals surface area contributed by atoms with E-state index in [-0.39, 0.29) is 0 Å². The van der Waals surface area contributed by atoms with E-state index in [9.17, 15) is 0 Å². The van der Waals surface area contributed by atoms with Crippen molar-refractivity contribution in [1.82, 2.24) is 0 Å². The monoisotopic (exact) mass is 452 g/mol. The Kier molecular flexibility index (Phi) is 5.80. The molecule has 5 aromatic rings. The lowest BCUT2D eigenvalue weighted by molar-refractivity contribution is 1.24. The average molecular weight is 453 g/mol. The van der Waals surface area contributed by atoms with E-state index >= 15 is 0 Å². The Hall–Kier alpha value is -3.34. The number of hydrogen-bond acceptors (Lipinski definition) is 4. The van der Waals surface area contributed by atoms with E-state index in [1.807, 2.05) is 0 Å². The van der Waals surface area contributed by atoms with E-state index < -0.39 is 0 Å². The standard InChI is InChI=1S/C28H24N2S2/c1-21-7-13-25(14-8-21)30(28-6-4-20-32-28)26-17-11-23(12-18-26)22-9-15-24(16-10-22)29(2)27-5-3-19-31-27/h3-20H,1-2H3. The van der Waals surface area contributed by atoms with Crippen LogP contribution in [0.4, 0.5) is 27.1 Å². The fourth-order valence-corrected chi connectivity index (χ4v) is 5.25. The highest BCUT2D eigenvalue weighted by atomic mass is 32.1. The van der Waals surface area contributed by atoms with Gasteiger partial charge in [0, 0.05) is 24.1 Å². The molecule has 2 aromatic heterocycles. The minimum absolute atomic E-state index is 1.16. The molecule has 0 N–H and O–H groups in total. The van der Waals surface area contributed by atoms with Crippen LogP contribution in [0.5, 0.6) is 0 Å². The van der Waals surface area contributed by atoms with Gasteiger partial charge in [-0.1, -0.05) is 42.0 Å². The smallest absolute Gasteiger partial charge is 0.0999 e. The quantitative estimate of drug-likeness (QED) is 0.253. The van der Waals surface area contributed by atoms with E-state index in [1.165, 1.54) is 38.1 Å². The summed E-state index contributed by atoms with van der Waals surface area (Å²) in [5.41, 5.74) is 7.23. The fourth-order valence-electron chi connectivity index (χ4n) is 3.76. The predicted octanol–water partition coefficient (Wildman–Crippen LogP) is 9.02. The van der Waals surface area contributed by atoms with Crippen molar-refractivity contribution in [2.45, 2.75) is 6.92 Å². The van der Waals surface area contributed by atoms with Gasteiger partial charge < -0.3 is 9.80 Å². The second-order valence-electron chi connectivity index (χ2n) is 7.73. The summed E-state index contributed by atoms with van der Waals surface area (Å²) in [5.74, 6) is 0. The summed E-state index contributed by atoms with van der Waals surface area (Å²) in [7, 11) is 2.11. The molecule has 32 heavy (non-hydrogen) atoms. The average Bonchev–Trinajstić information content (AvgIpc) is 3.56. The van der Waals surface area contributed by atoms with Gasteiger partial charge in [-0.25, -0.2) is 0 Å². The molecule has 0 fully saturated rings. The Balaban J connectivity index is 1.42. The molecular formula is C28H24N2S2. The van der Waals surface area contributed by atoms with Crippen LogP contribution in [0.3, 0.4) is 0 Å². The Morgan fingerprint density at radius 2 is 1.00 bits per heavy atom. The number of hydrogen-bond donors (Lipinski definition) is 0. The van der Waals surface area contributed by atoms with Crippen molar-refractivity contribution in [3.05, 3.63) is 113 Å². The number of benzene rings is 3. The fraction of sp³-hybridized carbons (Fsp3) is 0.0714. The lowest BCUT2D eigenvalue weighted by Gasteiger charge is -2.24. The first kappa shape index (κ1) is 20.6. The van der Waals surface area contributed by atoms with Gasteiger partial charge >= 0.3 is 0 Å². The zero-order chi connectivity index (χ0) is 21.9. The van der Waals surface area contributed by atoms with Crippen LogP contribution in [0, 0.1) is 6.92 Å². The van der Waals surface area contributed by atoms with E-state index in [2.05, 4.69) is 132 Å². The summed E-state index contributed by atoms with van der Waals surface area (Å²) < 4.78 is 0. The van der Waals surface area contributed by atoms with Crippen molar-refractivity contribution in [2.75, 3.05) is 16.8 Å². The summed E-state index contributed by atoms with van der Waals surface area (Å²) in [4.78, 5) is 4.53. The first-order valence-electron chi connectivity index (χ1n) is 10.6. The van der Waals surface area contributed by atoms with Crippen LogP contribution in [0.25, 0.3) is 11.1 Å². The van der Waals surface area contributed by atoms with Gasteiger partial charge in [0.2, 0.25) is 0 Å². The van der Waals surface area contributed by atoms with Gasteiger partial charge in [0.1, 0.15) is 0 Å². The van der Waals surface area contributed by atoms with Gasteiger partial charge in [-0.05, 0) is 89.5 Å². The molecule has 0 amide bonds. The lowest BCUT2D eigenvalue weighted by Crippen LogP contribution is -2.08. The van der Waals surface area contributed by atoms with Crippen LogP contribution < -0.4 is 9.80 Å². The maximum absolute atomic E-state index is 2.31. The highest BCUT2D eigenvalue weighted by molar-refractivity contribution is 7.14. The van der Waals surface area contributed by atoms with E-state index in [0.29, 0.717) is 0 Å². The van der Waals surface area contributed by atoms with E-state index in [1.54, 1.807) is 22.7 Å². The summed E-state index contributed by atoms with van der Waals surface area (Å²) >= 11 is 3.50. The Bertz CT molecular complexity index is 1260. The second kappa shape index (κ2) is 9.03. The van der Waals surface area contributed by atoms with Crippen molar-refractivity contribution in [3.8, 4) is 11.1 Å². The van der Waals surface area contributed by atoms with Gasteiger partial charge in [0.05, 0.1) is 10.0 Å². The summed E-state index contributed by atoms with van der Waals surface area (Å²) in [6.45, 7) is 2.12. The van der Waals surface area contributed by atoms with Crippen LogP contribution in [0.1, 0.15) is 5.56 Å². The number of nitrogens with zero attached hydrogens (tertiary/aromatic N) is 2. The van der Waals surface area contributed by atoms with Gasteiger partial charge in [-0.2, -0.15) is 0 Å². The van der Waals surface area contributed by atoms with Crippen molar-refractivity contribution in [3.63, 3.8) is 0 Å². The predicted molar refractivity (Wildman–Crippen MR) is 142 cm³/mol.